The number of fused-ring (bicyclic) bond motifs is 2. The summed E-state index contributed by atoms with van der Waals surface area (Å²) in [5.74, 6) is -0.654. The lowest BCUT2D eigenvalue weighted by atomic mass is 9.84. The van der Waals surface area contributed by atoms with Gasteiger partial charge in [0.1, 0.15) is 10.7 Å². The second-order valence-corrected chi connectivity index (χ2v) is 9.49. The lowest BCUT2D eigenvalue weighted by Gasteiger charge is -2.27. The molecule has 4 unspecified atom stereocenters. The van der Waals surface area contributed by atoms with E-state index in [1.54, 1.807) is 0 Å². The van der Waals surface area contributed by atoms with Crippen molar-refractivity contribution in [3.8, 4) is 0 Å². The van der Waals surface area contributed by atoms with Crippen molar-refractivity contribution in [1.82, 2.24) is 4.31 Å². The Balaban J connectivity index is 0.00000225. The number of ether oxygens (including phenoxy) is 1. The molecule has 3 aliphatic rings. The van der Waals surface area contributed by atoms with E-state index in [0.29, 0.717) is 5.92 Å². The van der Waals surface area contributed by atoms with Crippen LogP contribution in [0.4, 0.5) is 10.1 Å². The van der Waals surface area contributed by atoms with E-state index in [1.807, 2.05) is 0 Å². The van der Waals surface area contributed by atoms with Crippen LogP contribution < -0.4 is 11.1 Å². The molecule has 1 heterocycles. The summed E-state index contributed by atoms with van der Waals surface area (Å²) in [5.41, 5.74) is 6.47. The monoisotopic (exact) mass is 433 g/mol. The third-order valence-electron chi connectivity index (χ3n) is 6.07. The predicted octanol–water partition coefficient (Wildman–Crippen LogP) is 1.58. The van der Waals surface area contributed by atoms with Crippen LogP contribution in [0.5, 0.6) is 0 Å². The first kappa shape index (κ1) is 21.4. The Hall–Kier alpha value is -1.26. The zero-order chi connectivity index (χ0) is 19.2. The molecule has 3 fully saturated rings. The number of sulfonamides is 1. The van der Waals surface area contributed by atoms with Crippen LogP contribution in [0.3, 0.4) is 0 Å². The highest BCUT2D eigenvalue weighted by molar-refractivity contribution is 7.89. The average Bonchev–Trinajstić information content (AvgIpc) is 3.25. The van der Waals surface area contributed by atoms with Crippen molar-refractivity contribution in [3.63, 3.8) is 0 Å². The molecule has 0 aromatic heterocycles. The number of hydrogen-bond acceptors (Lipinski definition) is 5. The maximum absolute atomic E-state index is 14.3. The quantitative estimate of drug-likeness (QED) is 0.750. The first-order valence-corrected chi connectivity index (χ1v) is 10.8. The highest BCUT2D eigenvalue weighted by Crippen LogP contribution is 2.48. The second-order valence-electron chi connectivity index (χ2n) is 7.59. The Morgan fingerprint density at radius 2 is 1.89 bits per heavy atom. The third kappa shape index (κ3) is 3.78. The van der Waals surface area contributed by atoms with Crippen molar-refractivity contribution < 1.29 is 22.3 Å². The fraction of sp³-hybridized carbons (Fsp3) is 0.611. The number of carbonyl (C=O) groups is 1. The maximum Gasteiger partial charge on any atom is 0.246 e. The molecule has 3 N–H and O–H groups in total. The Labute approximate surface area is 170 Å². The SMILES string of the molecule is Cl.NC1C2CCC(C2)C1C(=O)Nc1ccc(F)c(S(=O)(=O)N2CCOCC2)c1. The van der Waals surface area contributed by atoms with Gasteiger partial charge in [-0.15, -0.1) is 12.4 Å². The summed E-state index contributed by atoms with van der Waals surface area (Å²) in [7, 11) is -3.99. The van der Waals surface area contributed by atoms with E-state index in [2.05, 4.69) is 5.32 Å². The minimum absolute atomic E-state index is 0. The highest BCUT2D eigenvalue weighted by atomic mass is 35.5. The normalized spacial score (nSPS) is 30.1. The fourth-order valence-electron chi connectivity index (χ4n) is 4.66. The number of nitrogens with zero attached hydrogens (tertiary/aromatic N) is 1. The topological polar surface area (TPSA) is 102 Å². The van der Waals surface area contributed by atoms with Gasteiger partial charge in [-0.25, -0.2) is 12.8 Å². The van der Waals surface area contributed by atoms with Crippen molar-refractivity contribution in [2.75, 3.05) is 31.6 Å². The van der Waals surface area contributed by atoms with E-state index in [4.69, 9.17) is 10.5 Å². The van der Waals surface area contributed by atoms with Crippen LogP contribution in [0.1, 0.15) is 19.3 Å². The Kier molecular flexibility index (Phi) is 6.31. The Morgan fingerprint density at radius 1 is 1.21 bits per heavy atom. The maximum atomic E-state index is 14.3. The Bertz CT molecular complexity index is 845. The minimum atomic E-state index is -3.99. The smallest absolute Gasteiger partial charge is 0.246 e. The molecule has 2 saturated carbocycles. The van der Waals surface area contributed by atoms with E-state index in [9.17, 15) is 17.6 Å². The largest absolute Gasteiger partial charge is 0.379 e. The zero-order valence-electron chi connectivity index (χ0n) is 15.3. The van der Waals surface area contributed by atoms with Gasteiger partial charge in [0.25, 0.3) is 0 Å². The van der Waals surface area contributed by atoms with E-state index in [0.717, 1.165) is 25.3 Å². The van der Waals surface area contributed by atoms with Crippen molar-refractivity contribution in [3.05, 3.63) is 24.0 Å². The van der Waals surface area contributed by atoms with Crippen LogP contribution in [0.25, 0.3) is 0 Å². The highest BCUT2D eigenvalue weighted by Gasteiger charge is 2.49. The van der Waals surface area contributed by atoms with Gasteiger partial charge < -0.3 is 15.8 Å². The molecule has 1 aromatic carbocycles. The van der Waals surface area contributed by atoms with Crippen molar-refractivity contribution >= 4 is 34.0 Å². The summed E-state index contributed by atoms with van der Waals surface area (Å²) in [6, 6.07) is 3.48. The molecule has 1 saturated heterocycles. The first-order chi connectivity index (χ1) is 12.9. The molecule has 0 spiro atoms. The van der Waals surface area contributed by atoms with E-state index in [-0.39, 0.29) is 68.2 Å². The molecule has 4 atom stereocenters. The van der Waals surface area contributed by atoms with E-state index in [1.165, 1.54) is 16.4 Å². The first-order valence-electron chi connectivity index (χ1n) is 9.32. The van der Waals surface area contributed by atoms with Crippen molar-refractivity contribution in [2.24, 2.45) is 23.5 Å². The summed E-state index contributed by atoms with van der Waals surface area (Å²) in [6.45, 7) is 0.912. The van der Waals surface area contributed by atoms with Crippen LogP contribution in [0.15, 0.2) is 23.1 Å². The average molecular weight is 434 g/mol. The summed E-state index contributed by atoms with van der Waals surface area (Å²) in [4.78, 5) is 12.3. The number of benzene rings is 1. The standard InChI is InChI=1S/C18H24FN3O4S.ClH/c19-14-4-3-13(10-15(14)27(24,25)22-5-7-26-8-6-22)21-18(23)16-11-1-2-12(9-11)17(16)20;/h3-4,10-12,16-17H,1-2,5-9,20H2,(H,21,23);1H. The van der Waals surface area contributed by atoms with Gasteiger partial charge in [-0.2, -0.15) is 4.31 Å². The number of amides is 1. The molecule has 7 nitrogen and oxygen atoms in total. The second kappa shape index (κ2) is 8.23. The van der Waals surface area contributed by atoms with Gasteiger partial charge in [0.2, 0.25) is 15.9 Å². The van der Waals surface area contributed by atoms with Crippen LogP contribution in [-0.4, -0.2) is 51.0 Å². The summed E-state index contributed by atoms with van der Waals surface area (Å²) in [6.07, 6.45) is 3.03. The molecule has 0 radical (unpaired) electrons. The molecule has 156 valence electrons. The Morgan fingerprint density at radius 3 is 2.54 bits per heavy atom. The fourth-order valence-corrected chi connectivity index (χ4v) is 6.15. The van der Waals surface area contributed by atoms with Gasteiger partial charge in [-0.05, 0) is 49.3 Å². The molecule has 1 aliphatic heterocycles. The number of carbonyl (C=O) groups excluding carboxylic acids is 1. The number of halogens is 2. The van der Waals surface area contributed by atoms with Gasteiger partial charge in [-0.1, -0.05) is 0 Å². The summed E-state index contributed by atoms with van der Waals surface area (Å²) < 4.78 is 46.1. The molecule has 4 rings (SSSR count). The molecular weight excluding hydrogens is 409 g/mol. The van der Waals surface area contributed by atoms with Gasteiger partial charge in [0.05, 0.1) is 19.1 Å². The van der Waals surface area contributed by atoms with Crippen LogP contribution >= 0.6 is 12.4 Å². The molecular formula is C18H25ClFN3O4S. The van der Waals surface area contributed by atoms with E-state index < -0.39 is 20.7 Å². The lowest BCUT2D eigenvalue weighted by molar-refractivity contribution is -0.121. The van der Waals surface area contributed by atoms with Crippen molar-refractivity contribution in [1.29, 1.82) is 0 Å². The van der Waals surface area contributed by atoms with Crippen LogP contribution in [-0.2, 0) is 19.6 Å². The number of rotatable bonds is 4. The number of nitrogens with one attached hydrogen (secondary N) is 1. The molecule has 10 heteroatoms. The van der Waals surface area contributed by atoms with Gasteiger partial charge in [-0.3, -0.25) is 4.79 Å². The summed E-state index contributed by atoms with van der Waals surface area (Å²) >= 11 is 0. The summed E-state index contributed by atoms with van der Waals surface area (Å²) in [5, 5.41) is 2.75. The van der Waals surface area contributed by atoms with Gasteiger partial charge in [0.15, 0.2) is 0 Å². The van der Waals surface area contributed by atoms with Gasteiger partial charge >= 0.3 is 0 Å². The number of anilines is 1. The molecule has 2 aliphatic carbocycles. The zero-order valence-corrected chi connectivity index (χ0v) is 17.0. The van der Waals surface area contributed by atoms with Gasteiger partial charge in [0, 0.05) is 24.8 Å². The third-order valence-corrected chi connectivity index (χ3v) is 7.98. The minimum Gasteiger partial charge on any atom is -0.379 e. The lowest BCUT2D eigenvalue weighted by Crippen LogP contribution is -2.42. The number of nitrogens with two attached hydrogens (primary N) is 1. The number of morpholine rings is 1. The van der Waals surface area contributed by atoms with Crippen LogP contribution in [0.2, 0.25) is 0 Å². The van der Waals surface area contributed by atoms with E-state index >= 15 is 0 Å². The number of hydrogen-bond donors (Lipinski definition) is 2. The van der Waals surface area contributed by atoms with Crippen LogP contribution in [0, 0.1) is 23.6 Å². The molecule has 28 heavy (non-hydrogen) atoms. The molecule has 2 bridgehead atoms. The molecule has 1 aromatic rings. The van der Waals surface area contributed by atoms with Crippen molar-refractivity contribution in [2.45, 2.75) is 30.2 Å². The molecule has 1 amide bonds. The predicted molar refractivity (Wildman–Crippen MR) is 104 cm³/mol.